The van der Waals surface area contributed by atoms with Crippen molar-refractivity contribution in [1.82, 2.24) is 0 Å². The van der Waals surface area contributed by atoms with Crippen LogP contribution in [0.15, 0.2) is 0 Å². The molecule has 0 aromatic rings. The minimum atomic E-state index is -0.876. The molecule has 0 radical (unpaired) electrons. The molecule has 0 bridgehead atoms. The summed E-state index contributed by atoms with van der Waals surface area (Å²) in [5.41, 5.74) is 0. The molecule has 3 aliphatic heterocycles. The van der Waals surface area contributed by atoms with E-state index in [0.29, 0.717) is 0 Å². The molecule has 0 atom stereocenters. The molecule has 0 spiro atoms. The van der Waals surface area contributed by atoms with Crippen LogP contribution in [0.4, 0.5) is 0 Å². The summed E-state index contributed by atoms with van der Waals surface area (Å²) < 4.78 is 0.853. The van der Waals surface area contributed by atoms with E-state index >= 15 is 0 Å². The third-order valence-electron chi connectivity index (χ3n) is 1.52. The van der Waals surface area contributed by atoms with Gasteiger partial charge in [-0.2, -0.15) is 0 Å². The average Bonchev–Trinajstić information content (AvgIpc) is 2.21. The highest BCUT2D eigenvalue weighted by Gasteiger charge is 3.11. The van der Waals surface area contributed by atoms with Crippen molar-refractivity contribution in [1.29, 1.82) is 0 Å². The highest BCUT2D eigenvalue weighted by Crippen LogP contribution is 3.56. The van der Waals surface area contributed by atoms with Gasteiger partial charge in [-0.3, -0.25) is 0 Å². The summed E-state index contributed by atoms with van der Waals surface area (Å²) in [6.45, 7) is 2.28. The van der Waals surface area contributed by atoms with Gasteiger partial charge < -0.3 is 0 Å². The van der Waals surface area contributed by atoms with E-state index in [1.807, 2.05) is 0 Å². The number of thiol groups is 1. The standard InChI is InChI=1S/C3H6S5/c1-2-4-8-3(5-8,6-8)7-8/h8H,2H2,1H3. The van der Waals surface area contributed by atoms with Crippen LogP contribution in [-0.2, 0) is 0 Å². The highest BCUT2D eigenvalue weighted by atomic mass is 34.2. The highest BCUT2D eigenvalue weighted by molar-refractivity contribution is 10.1. The molecule has 3 saturated heterocycles. The predicted octanol–water partition coefficient (Wildman–Crippen LogP) is 3.32. The van der Waals surface area contributed by atoms with Crippen molar-refractivity contribution >= 4 is 48.5 Å². The molecule has 3 fully saturated rings. The van der Waals surface area contributed by atoms with Gasteiger partial charge in [-0.25, -0.2) is 0 Å². The Morgan fingerprint density at radius 2 is 2.00 bits per heavy atom. The van der Waals surface area contributed by atoms with E-state index in [0.717, 1.165) is 2.74 Å². The van der Waals surface area contributed by atoms with Crippen LogP contribution in [-0.4, -0.2) is 8.50 Å². The molecule has 0 aromatic carbocycles. The van der Waals surface area contributed by atoms with Crippen molar-refractivity contribution in [2.75, 3.05) is 5.75 Å². The van der Waals surface area contributed by atoms with Crippen molar-refractivity contribution in [3.63, 3.8) is 0 Å². The molecule has 0 N–H and O–H groups in total. The maximum atomic E-state index is 2.29. The van der Waals surface area contributed by atoms with E-state index in [-0.39, 0.29) is 0 Å². The zero-order chi connectivity index (χ0) is 5.48. The summed E-state index contributed by atoms with van der Waals surface area (Å²) in [5, 5.41) is -0.876. The van der Waals surface area contributed by atoms with Gasteiger partial charge in [0.25, 0.3) is 0 Å². The molecule has 0 aromatic heterocycles. The molecule has 0 unspecified atom stereocenters. The van der Waals surface area contributed by atoms with Crippen LogP contribution in [0.1, 0.15) is 6.92 Å². The van der Waals surface area contributed by atoms with Gasteiger partial charge >= 0.3 is 0 Å². The van der Waals surface area contributed by atoms with Gasteiger partial charge in [0.1, 0.15) is 0 Å². The largest absolute Gasteiger partial charge is 0.180 e. The second-order valence-electron chi connectivity index (χ2n) is 2.03. The monoisotopic (exact) mass is 202 g/mol. The quantitative estimate of drug-likeness (QED) is 0.414. The third kappa shape index (κ3) is 0.310. The Labute approximate surface area is 63.6 Å². The van der Waals surface area contributed by atoms with Gasteiger partial charge in [0, 0.05) is 5.75 Å². The van der Waals surface area contributed by atoms with E-state index < -0.39 is 5.29 Å². The minimum absolute atomic E-state index is 0.853. The summed E-state index contributed by atoms with van der Waals surface area (Å²) in [5.74, 6) is 1.34. The Morgan fingerprint density at radius 3 is 2.12 bits per heavy atom. The van der Waals surface area contributed by atoms with E-state index in [2.05, 4.69) is 50.1 Å². The Bertz CT molecular complexity index is 164. The smallest absolute Gasteiger partial charge is 0.103 e. The molecule has 3 aliphatic rings. The maximum absolute atomic E-state index is 2.29. The molecule has 8 heavy (non-hydrogen) atoms. The van der Waals surface area contributed by atoms with Gasteiger partial charge in [0.2, 0.25) is 0 Å². The summed E-state index contributed by atoms with van der Waals surface area (Å²) >= 11 is 0. The molecule has 48 valence electrons. The molecular formula is C3H6S5. The Balaban J connectivity index is 1.91. The zero-order valence-corrected chi connectivity index (χ0v) is 8.45. The molecule has 0 aliphatic carbocycles. The van der Waals surface area contributed by atoms with Crippen molar-refractivity contribution in [2.45, 2.75) is 9.67 Å². The number of rotatable bonds is 2. The van der Waals surface area contributed by atoms with Crippen LogP contribution in [0, 0.1) is 0 Å². The summed E-state index contributed by atoms with van der Waals surface area (Å²) in [6, 6.07) is 0. The number of hydrogen-bond acceptors (Lipinski definition) is 4. The van der Waals surface area contributed by atoms with E-state index in [1.165, 1.54) is 5.75 Å². The minimum Gasteiger partial charge on any atom is -0.103 e. The lowest BCUT2D eigenvalue weighted by atomic mass is 11.0. The molecule has 3 rings (SSSR count). The van der Waals surface area contributed by atoms with E-state index in [4.69, 9.17) is 0 Å². The van der Waals surface area contributed by atoms with E-state index in [1.54, 1.807) is 0 Å². The molecule has 0 nitrogen and oxygen atoms in total. The molecule has 0 saturated carbocycles. The van der Waals surface area contributed by atoms with Crippen LogP contribution < -0.4 is 0 Å². The first kappa shape index (κ1) is 5.41. The molecule has 0 amide bonds. The average molecular weight is 202 g/mol. The van der Waals surface area contributed by atoms with Crippen molar-refractivity contribution in [3.05, 3.63) is 0 Å². The Hall–Kier alpha value is 1.75. The fourth-order valence-electron chi connectivity index (χ4n) is 0.937. The van der Waals surface area contributed by atoms with Gasteiger partial charge in [0.15, 0.2) is 2.74 Å². The normalized spacial score (nSPS) is 61.4. The zero-order valence-electron chi connectivity index (χ0n) is 4.29. The fourth-order valence-corrected chi connectivity index (χ4v) is 42.1. The van der Waals surface area contributed by atoms with Gasteiger partial charge in [0.05, 0.1) is 0 Å². The number of hydrogen-bond donors (Lipinski definition) is 1. The second-order valence-corrected chi connectivity index (χ2v) is 24.6. The first-order valence-corrected chi connectivity index (χ1v) is 10.7. The third-order valence-corrected chi connectivity index (χ3v) is 32.6. The van der Waals surface area contributed by atoms with Crippen molar-refractivity contribution in [2.24, 2.45) is 0 Å². The van der Waals surface area contributed by atoms with Crippen LogP contribution in [0.3, 0.4) is 0 Å². The molecular weight excluding hydrogens is 196 g/mol. The maximum Gasteiger partial charge on any atom is 0.180 e. The van der Waals surface area contributed by atoms with Gasteiger partial charge in [-0.05, 0) is 0 Å². The topological polar surface area (TPSA) is 0 Å². The Kier molecular flexibility index (Phi) is 0.686. The van der Waals surface area contributed by atoms with Crippen LogP contribution in [0.5, 0.6) is 0 Å². The first-order valence-electron chi connectivity index (χ1n) is 2.56. The first-order chi connectivity index (χ1) is 3.76. The summed E-state index contributed by atoms with van der Waals surface area (Å²) in [6.07, 6.45) is 0. The van der Waals surface area contributed by atoms with Crippen molar-refractivity contribution < 1.29 is 0 Å². The second kappa shape index (κ2) is 1.02. The molecule has 5 heteroatoms. The molecule has 3 heterocycles. The summed E-state index contributed by atoms with van der Waals surface area (Å²) in [4.78, 5) is 0. The van der Waals surface area contributed by atoms with Gasteiger partial charge in [-0.1, -0.05) is 44.6 Å². The SMILES string of the molecule is CCS[SH]123SC1(S2)S3. The summed E-state index contributed by atoms with van der Waals surface area (Å²) in [7, 11) is 9.13. The van der Waals surface area contributed by atoms with E-state index in [9.17, 15) is 0 Å². The van der Waals surface area contributed by atoms with Crippen LogP contribution >= 0.6 is 48.5 Å². The lowest BCUT2D eigenvalue weighted by Gasteiger charge is -2.24. The lowest BCUT2D eigenvalue weighted by Crippen LogP contribution is -1.71. The fraction of sp³-hybridized carbons (Fsp3) is 1.00. The van der Waals surface area contributed by atoms with Crippen molar-refractivity contribution in [3.8, 4) is 0 Å². The van der Waals surface area contributed by atoms with Crippen LogP contribution in [0.25, 0.3) is 0 Å². The predicted molar refractivity (Wildman–Crippen MR) is 52.6 cm³/mol. The van der Waals surface area contributed by atoms with Crippen LogP contribution in [0.2, 0.25) is 0 Å². The van der Waals surface area contributed by atoms with Gasteiger partial charge in [-0.15, -0.1) is 10.8 Å². The lowest BCUT2D eigenvalue weighted by molar-refractivity contribution is 1.54. The Morgan fingerprint density at radius 1 is 1.50 bits per heavy atom.